The zero-order valence-electron chi connectivity index (χ0n) is 67.2. The molecule has 5 aromatic rings. The molecule has 0 spiro atoms. The number of aliphatic imine (C=N–C) groups is 39. The molecule has 0 bridgehead atoms. The number of carbonyl (C=O) groups is 5. The predicted molar refractivity (Wildman–Crippen MR) is 529 cm³/mol. The maximum atomic E-state index is 12.7. The maximum Gasteiger partial charge on any atom is 0.326 e. The molecule has 0 aliphatic carbocycles. The number of hydrogen-bond donors (Lipinski definition) is 11. The van der Waals surface area contributed by atoms with E-state index in [1.54, 1.807) is 146 Å². The predicted octanol–water partition coefficient (Wildman–Crippen LogP) is 7.12. The first-order chi connectivity index (χ1) is 64.2. The van der Waals surface area contributed by atoms with Crippen LogP contribution in [0, 0.1) is 5.41 Å². The lowest BCUT2D eigenvalue weighted by Crippen LogP contribution is -2.33. The van der Waals surface area contributed by atoms with Crippen LogP contribution in [0.1, 0.15) is 0 Å². The molecule has 0 heterocycles. The van der Waals surface area contributed by atoms with Crippen LogP contribution < -0.4 is 53.2 Å². The molecule has 11 N–H and O–H groups in total. The van der Waals surface area contributed by atoms with Crippen molar-refractivity contribution in [2.75, 3.05) is 26.6 Å². The molecule has 0 radical (unpaired) electrons. The first-order valence-corrected chi connectivity index (χ1v) is 35.8. The number of anilines is 5. The molecule has 0 aromatic heterocycles. The molecule has 0 unspecified atom stereocenters. The van der Waals surface area contributed by atoms with E-state index >= 15 is 0 Å². The third-order valence-electron chi connectivity index (χ3n) is 11.8. The van der Waals surface area contributed by atoms with Crippen LogP contribution in [0.5, 0.6) is 0 Å². The SMILES string of the molecule is N=CN=CN=CN=CN=CN=CN=CN=C(/N=C/N=CN=CN=CN=CN=CN=CN=C(/N=C/N=CN=CN=CN=CN=CN=CN=C(/N=C/N=CN=CN=CN=CN=CN=CN=C(/N=C/N=CN=CN=CN=CN=CN=CN=CNC(=O)Nc1ccccc1)NC(=O)Nc1ccccc1)NC(=O)Nc1ccccc1)NC(=O)Nc1ccccc1)NC(=O)Nc1ccccc1. The minimum atomic E-state index is -0.678. The van der Waals surface area contributed by atoms with Crippen molar-refractivity contribution in [2.45, 2.75) is 0 Å². The fraction of sp³-hybridized carbons (Fsp3) is 0. The summed E-state index contributed by atoms with van der Waals surface area (Å²) in [5.74, 6) is -0.855. The van der Waals surface area contributed by atoms with E-state index < -0.39 is 30.2 Å². The van der Waals surface area contributed by atoms with Crippen LogP contribution in [0.4, 0.5) is 52.4 Å². The Morgan fingerprint density at radius 2 is 0.338 bits per heavy atom. The molecule has 55 nitrogen and oxygen atoms in total. The van der Waals surface area contributed by atoms with E-state index in [0.29, 0.717) is 28.4 Å². The zero-order valence-corrected chi connectivity index (χ0v) is 67.2. The molecule has 652 valence electrons. The Morgan fingerprint density at radius 3 is 0.523 bits per heavy atom. The average molecular weight is 1750 g/mol. The number of nitrogens with one attached hydrogen (secondary N) is 11. The van der Waals surface area contributed by atoms with Gasteiger partial charge in [-0.15, -0.1) is 0 Å². The van der Waals surface area contributed by atoms with Crippen LogP contribution >= 0.6 is 0 Å². The van der Waals surface area contributed by atoms with Crippen LogP contribution in [0.15, 0.2) is 346 Å². The van der Waals surface area contributed by atoms with E-state index in [0.717, 1.165) is 222 Å². The van der Waals surface area contributed by atoms with E-state index in [9.17, 15) is 24.0 Å². The second kappa shape index (κ2) is 72.3. The lowest BCUT2D eigenvalue weighted by molar-refractivity contribution is 0.255. The minimum absolute atomic E-state index is 0.194. The molecule has 55 heteroatoms. The van der Waals surface area contributed by atoms with Crippen LogP contribution in [-0.2, 0) is 0 Å². The summed E-state index contributed by atoms with van der Waals surface area (Å²) >= 11 is 0. The number of nitrogens with zero attached hydrogens (tertiary/aromatic N) is 39. The highest BCUT2D eigenvalue weighted by molar-refractivity contribution is 6.11. The number of carbonyl (C=O) groups excluding carboxylic acids is 5. The summed E-state index contributed by atoms with van der Waals surface area (Å²) in [6.07, 6.45) is 39.6. The fourth-order valence-corrected chi connectivity index (χ4v) is 6.95. The molecule has 0 saturated carbocycles. The molecule has 0 atom stereocenters. The Bertz CT molecular complexity index is 5620. The Balaban J connectivity index is 1.06. The van der Waals surface area contributed by atoms with Crippen LogP contribution in [0.25, 0.3) is 0 Å². The van der Waals surface area contributed by atoms with Gasteiger partial charge in [-0.2, -0.15) is 0 Å². The van der Waals surface area contributed by atoms with Crippen molar-refractivity contribution in [1.82, 2.24) is 26.6 Å². The van der Waals surface area contributed by atoms with Gasteiger partial charge in [-0.1, -0.05) is 91.0 Å². The van der Waals surface area contributed by atoms with Gasteiger partial charge in [-0.3, -0.25) is 32.0 Å². The molecule has 0 saturated heterocycles. The lowest BCUT2D eigenvalue weighted by Gasteiger charge is -2.05. The summed E-state index contributed by atoms with van der Waals surface area (Å²) in [5.41, 5.74) is 2.64. The molecule has 5 aromatic carbocycles. The second-order valence-corrected chi connectivity index (χ2v) is 20.9. The Kier molecular flexibility index (Phi) is 55.5. The van der Waals surface area contributed by atoms with Crippen molar-refractivity contribution < 1.29 is 24.0 Å². The van der Waals surface area contributed by atoms with Crippen molar-refractivity contribution in [3.63, 3.8) is 0 Å². The highest BCUT2D eigenvalue weighted by atomic mass is 16.2. The molecular formula is C75H72N50O5. The van der Waals surface area contributed by atoms with E-state index in [1.165, 1.54) is 6.34 Å². The lowest BCUT2D eigenvalue weighted by atomic mass is 10.3. The third-order valence-corrected chi connectivity index (χ3v) is 11.8. The van der Waals surface area contributed by atoms with Gasteiger partial charge in [0.05, 0.1) is 6.34 Å². The molecule has 0 fully saturated rings. The van der Waals surface area contributed by atoms with Crippen LogP contribution in [-0.4, -0.2) is 282 Å². The highest BCUT2D eigenvalue weighted by Crippen LogP contribution is 2.08. The van der Waals surface area contributed by atoms with E-state index in [2.05, 4.69) is 248 Å². The van der Waals surface area contributed by atoms with Gasteiger partial charge in [0.25, 0.3) is 0 Å². The summed E-state index contributed by atoms with van der Waals surface area (Å²) in [4.78, 5) is 214. The fourth-order valence-electron chi connectivity index (χ4n) is 6.95. The summed E-state index contributed by atoms with van der Waals surface area (Å²) in [7, 11) is 0. The number of para-hydroxylation sites is 5. The van der Waals surface area contributed by atoms with Gasteiger partial charge >= 0.3 is 30.2 Å². The number of hydrogen-bond acceptors (Lipinski definition) is 6. The van der Waals surface area contributed by atoms with Crippen molar-refractivity contribution in [1.29, 1.82) is 5.41 Å². The molecule has 0 aliphatic rings. The van der Waals surface area contributed by atoms with Crippen molar-refractivity contribution in [2.24, 2.45) is 195 Å². The normalized spacial score (nSPS) is 13.9. The first kappa shape index (κ1) is 99.8. The summed E-state index contributed by atoms with van der Waals surface area (Å²) in [6, 6.07) is 40.2. The topological polar surface area (TPSA) is 712 Å². The second-order valence-electron chi connectivity index (χ2n) is 20.9. The summed E-state index contributed by atoms with van der Waals surface area (Å²) < 4.78 is 0. The van der Waals surface area contributed by atoms with Crippen molar-refractivity contribution >= 4 is 311 Å². The molecular weight excluding hydrogens is 1680 g/mol. The Labute approximate surface area is 736 Å². The van der Waals surface area contributed by atoms with Gasteiger partial charge in [0.15, 0.2) is 0 Å². The van der Waals surface area contributed by atoms with Gasteiger partial charge in [-0.25, -0.2) is 219 Å². The summed E-state index contributed by atoms with van der Waals surface area (Å²) in [5, 5.41) is 32.2. The van der Waals surface area contributed by atoms with Gasteiger partial charge in [-0.05, 0) is 60.7 Å². The Morgan fingerprint density at radius 1 is 0.185 bits per heavy atom. The average Bonchev–Trinajstić information content (AvgIpc) is 0.933. The van der Waals surface area contributed by atoms with Gasteiger partial charge in [0, 0.05) is 28.4 Å². The standard InChI is InChI=1S/C75H72N50O5/c76-26-77-27-78-28-79-29-81-35-90-44-99-53-108-67(122-72(127)118-63-18-8-2-9-19-63)110-55-101-46-92-37-83-32-85-39-94-48-103-57-112-69(124-74(129)120-65-22-12-4-13-23-65)114-59-105-50-96-41-87-34-88-42-97-51-106-60-115-70(125-75(130)121-66-24-14-5-15-25-66)113-58-104-49-95-40-86-33-84-38-93-47-102-56-111-68(123-73(128)119-64-20-10-3-11-21-64)109-54-100-45-91-36-82-30-80-31-89-43-98-52-107-61-116-71(126)117-62-16-6-1-7-17-62/h1-61H,(H11,76,77,78,79,80,81,82,83,84,85,86,87,88,89,90,91,92,93,94,95,96,97,98,99,100,101,102,103,104,105,106,107,108,109,110,111,112,113,114,115,116,117,118,119,120,121,122,123,124,125,126,127,128,129,130). The van der Waals surface area contributed by atoms with E-state index in [1.807, 2.05) is 6.07 Å². The number of urea groups is 5. The quantitative estimate of drug-likeness (QED) is 0.0143. The smallest absolute Gasteiger partial charge is 0.308 e. The molecule has 130 heavy (non-hydrogen) atoms. The number of benzene rings is 5. The van der Waals surface area contributed by atoms with Gasteiger partial charge in [0.1, 0.15) is 222 Å². The largest absolute Gasteiger partial charge is 0.326 e. The van der Waals surface area contributed by atoms with E-state index in [-0.39, 0.29) is 23.8 Å². The highest BCUT2D eigenvalue weighted by Gasteiger charge is 2.09. The molecule has 5 rings (SSSR count). The maximum absolute atomic E-state index is 12.7. The first-order valence-electron chi connectivity index (χ1n) is 35.8. The number of rotatable bonds is 41. The Hall–Kier alpha value is -20.7. The molecule has 10 amide bonds. The monoisotopic (exact) mass is 1750 g/mol. The summed E-state index contributed by atoms with van der Waals surface area (Å²) in [6.45, 7) is 0. The molecule has 0 aliphatic heterocycles. The third kappa shape index (κ3) is 58.2. The number of guanidine groups is 4. The van der Waals surface area contributed by atoms with Crippen LogP contribution in [0.3, 0.4) is 0 Å². The van der Waals surface area contributed by atoms with Crippen molar-refractivity contribution in [3.05, 3.63) is 152 Å². The van der Waals surface area contributed by atoms with E-state index in [4.69, 9.17) is 5.41 Å². The number of amides is 10. The van der Waals surface area contributed by atoms with Crippen LogP contribution in [0.2, 0.25) is 0 Å². The van der Waals surface area contributed by atoms with Crippen molar-refractivity contribution in [3.8, 4) is 0 Å². The minimum Gasteiger partial charge on any atom is -0.308 e. The van der Waals surface area contributed by atoms with Gasteiger partial charge < -0.3 is 26.6 Å². The zero-order chi connectivity index (χ0) is 91.9. The van der Waals surface area contributed by atoms with Gasteiger partial charge in [0.2, 0.25) is 23.8 Å².